The zero-order valence-corrected chi connectivity index (χ0v) is 16.4. The highest BCUT2D eigenvalue weighted by Crippen LogP contribution is 2.27. The minimum Gasteiger partial charge on any atom is -0.412 e. The number of aromatic nitrogens is 2. The van der Waals surface area contributed by atoms with Crippen molar-refractivity contribution >= 4 is 17.4 Å². The van der Waals surface area contributed by atoms with Gasteiger partial charge in [0.05, 0.1) is 6.61 Å². The van der Waals surface area contributed by atoms with Crippen molar-refractivity contribution in [2.75, 3.05) is 30.5 Å². The Morgan fingerprint density at radius 1 is 1.29 bits per heavy atom. The van der Waals surface area contributed by atoms with Crippen LogP contribution < -0.4 is 21.0 Å². The molecule has 1 aromatic heterocycles. The van der Waals surface area contributed by atoms with Gasteiger partial charge in [0.25, 0.3) is 5.91 Å². The van der Waals surface area contributed by atoms with Gasteiger partial charge in [-0.3, -0.25) is 4.79 Å². The lowest BCUT2D eigenvalue weighted by molar-refractivity contribution is 0.102. The smallest absolute Gasteiger partial charge is 0.274 e. The fraction of sp³-hybridized carbons (Fsp3) is 0.450. The normalized spacial score (nSPS) is 14.1. The van der Waals surface area contributed by atoms with Crippen molar-refractivity contribution in [3.05, 3.63) is 41.9 Å². The van der Waals surface area contributed by atoms with Crippen molar-refractivity contribution in [2.24, 2.45) is 5.90 Å². The Bertz CT molecular complexity index is 808. The highest BCUT2D eigenvalue weighted by Gasteiger charge is 2.24. The summed E-state index contributed by atoms with van der Waals surface area (Å²) in [6, 6.07) is 7.37. The number of aryl methyl sites for hydroxylation is 1. The van der Waals surface area contributed by atoms with Crippen molar-refractivity contribution in [3.63, 3.8) is 0 Å². The third-order valence-corrected chi connectivity index (χ3v) is 5.06. The fourth-order valence-electron chi connectivity index (χ4n) is 3.55. The zero-order valence-electron chi connectivity index (χ0n) is 16.4. The SMILES string of the molecule is COCCN(c1cc(C(=O)Nc2ccc(ON)cc2C)ncn1)C1CCCC1. The largest absolute Gasteiger partial charge is 0.412 e. The number of benzene rings is 1. The van der Waals surface area contributed by atoms with Gasteiger partial charge >= 0.3 is 0 Å². The number of carbonyl (C=O) groups excluding carboxylic acids is 1. The van der Waals surface area contributed by atoms with Gasteiger partial charge in [0.1, 0.15) is 23.6 Å². The average Bonchev–Trinajstić information content (AvgIpc) is 3.24. The zero-order chi connectivity index (χ0) is 19.9. The molecule has 2 aromatic rings. The molecule has 0 spiro atoms. The molecule has 28 heavy (non-hydrogen) atoms. The van der Waals surface area contributed by atoms with Crippen LogP contribution in [0, 0.1) is 6.92 Å². The Labute approximate surface area is 165 Å². The first-order valence-electron chi connectivity index (χ1n) is 9.48. The number of ether oxygens (including phenoxy) is 1. The maximum atomic E-state index is 12.7. The molecule has 3 rings (SSSR count). The molecule has 0 aliphatic heterocycles. The molecule has 8 heteroatoms. The average molecular weight is 385 g/mol. The Morgan fingerprint density at radius 2 is 2.07 bits per heavy atom. The standard InChI is InChI=1S/C20H27N5O3/c1-14-11-16(28-21)7-8-17(14)24-20(26)18-12-19(23-13-22-18)25(9-10-27-2)15-5-3-4-6-15/h7-8,11-13,15H,3-6,9-10,21H2,1-2H3,(H,24,26). The van der Waals surface area contributed by atoms with E-state index in [4.69, 9.17) is 15.5 Å². The van der Waals surface area contributed by atoms with Crippen LogP contribution in [-0.4, -0.2) is 42.2 Å². The number of anilines is 2. The van der Waals surface area contributed by atoms with Gasteiger partial charge in [0, 0.05) is 31.5 Å². The highest BCUT2D eigenvalue weighted by molar-refractivity contribution is 6.03. The second-order valence-corrected chi connectivity index (χ2v) is 6.93. The Morgan fingerprint density at radius 3 is 2.75 bits per heavy atom. The molecule has 1 fully saturated rings. The molecule has 1 heterocycles. The summed E-state index contributed by atoms with van der Waals surface area (Å²) >= 11 is 0. The molecule has 150 valence electrons. The van der Waals surface area contributed by atoms with Gasteiger partial charge in [-0.15, -0.1) is 0 Å². The second-order valence-electron chi connectivity index (χ2n) is 6.93. The highest BCUT2D eigenvalue weighted by atomic mass is 16.6. The summed E-state index contributed by atoms with van der Waals surface area (Å²) < 4.78 is 5.26. The number of nitrogens with one attached hydrogen (secondary N) is 1. The summed E-state index contributed by atoms with van der Waals surface area (Å²) in [5, 5.41) is 2.89. The van der Waals surface area contributed by atoms with Crippen molar-refractivity contribution < 1.29 is 14.4 Å². The van der Waals surface area contributed by atoms with E-state index in [0.717, 1.165) is 30.8 Å². The molecule has 0 bridgehead atoms. The van der Waals surface area contributed by atoms with Crippen molar-refractivity contribution in [1.29, 1.82) is 0 Å². The molecule has 0 saturated heterocycles. The van der Waals surface area contributed by atoms with E-state index in [-0.39, 0.29) is 5.91 Å². The minimum atomic E-state index is -0.286. The number of carbonyl (C=O) groups is 1. The van der Waals surface area contributed by atoms with E-state index in [1.165, 1.54) is 19.2 Å². The summed E-state index contributed by atoms with van der Waals surface area (Å²) in [5.41, 5.74) is 1.85. The summed E-state index contributed by atoms with van der Waals surface area (Å²) in [6.45, 7) is 3.21. The van der Waals surface area contributed by atoms with E-state index in [9.17, 15) is 4.79 Å². The maximum absolute atomic E-state index is 12.7. The van der Waals surface area contributed by atoms with Crippen molar-refractivity contribution in [2.45, 2.75) is 38.6 Å². The van der Waals surface area contributed by atoms with Gasteiger partial charge in [0.15, 0.2) is 0 Å². The Kier molecular flexibility index (Phi) is 6.78. The summed E-state index contributed by atoms with van der Waals surface area (Å²) in [4.78, 5) is 28.3. The van der Waals surface area contributed by atoms with Crippen molar-refractivity contribution in [1.82, 2.24) is 9.97 Å². The minimum absolute atomic E-state index is 0.286. The number of hydrogen-bond donors (Lipinski definition) is 2. The molecule has 0 radical (unpaired) electrons. The first kappa shape index (κ1) is 20.0. The van der Waals surface area contributed by atoms with Gasteiger partial charge in [-0.25, -0.2) is 9.97 Å². The lowest BCUT2D eigenvalue weighted by atomic mass is 10.2. The number of nitrogens with two attached hydrogens (primary N) is 1. The predicted octanol–water partition coefficient (Wildman–Crippen LogP) is 2.69. The van der Waals surface area contributed by atoms with Crippen LogP contribution in [0.4, 0.5) is 11.5 Å². The van der Waals surface area contributed by atoms with Crippen LogP contribution in [0.5, 0.6) is 5.75 Å². The summed E-state index contributed by atoms with van der Waals surface area (Å²) in [5.74, 6) is 6.18. The lowest BCUT2D eigenvalue weighted by Gasteiger charge is -2.29. The third-order valence-electron chi connectivity index (χ3n) is 5.06. The predicted molar refractivity (Wildman–Crippen MR) is 107 cm³/mol. The first-order chi connectivity index (χ1) is 13.6. The fourth-order valence-corrected chi connectivity index (χ4v) is 3.55. The topological polar surface area (TPSA) is 103 Å². The number of amides is 1. The van der Waals surface area contributed by atoms with Gasteiger partial charge in [-0.2, -0.15) is 5.90 Å². The van der Waals surface area contributed by atoms with Gasteiger partial charge < -0.3 is 19.8 Å². The molecule has 1 saturated carbocycles. The Hall–Kier alpha value is -2.71. The van der Waals surface area contributed by atoms with Crippen LogP contribution in [0.2, 0.25) is 0 Å². The van der Waals surface area contributed by atoms with Crippen LogP contribution in [0.25, 0.3) is 0 Å². The second kappa shape index (κ2) is 9.48. The number of hydrogen-bond acceptors (Lipinski definition) is 7. The van der Waals surface area contributed by atoms with Crippen LogP contribution in [-0.2, 0) is 4.74 Å². The van der Waals surface area contributed by atoms with E-state index in [0.29, 0.717) is 29.8 Å². The van der Waals surface area contributed by atoms with E-state index >= 15 is 0 Å². The van der Waals surface area contributed by atoms with E-state index in [1.807, 2.05) is 6.92 Å². The first-order valence-corrected chi connectivity index (χ1v) is 9.48. The summed E-state index contributed by atoms with van der Waals surface area (Å²) in [7, 11) is 1.69. The molecule has 1 aliphatic carbocycles. The van der Waals surface area contributed by atoms with E-state index < -0.39 is 0 Å². The number of rotatable bonds is 8. The molecule has 3 N–H and O–H groups in total. The molecule has 0 unspecified atom stereocenters. The van der Waals surface area contributed by atoms with Gasteiger partial charge in [-0.1, -0.05) is 12.8 Å². The molecule has 0 atom stereocenters. The van der Waals surface area contributed by atoms with Crippen LogP contribution >= 0.6 is 0 Å². The molecule has 1 aliphatic rings. The summed E-state index contributed by atoms with van der Waals surface area (Å²) in [6.07, 6.45) is 6.13. The van der Waals surface area contributed by atoms with Crippen LogP contribution in [0.1, 0.15) is 41.7 Å². The van der Waals surface area contributed by atoms with E-state index in [1.54, 1.807) is 31.4 Å². The van der Waals surface area contributed by atoms with Gasteiger partial charge in [-0.05, 0) is 43.5 Å². The quantitative estimate of drug-likeness (QED) is 0.674. The lowest BCUT2D eigenvalue weighted by Crippen LogP contribution is -2.37. The molecular formula is C20H27N5O3. The third kappa shape index (κ3) is 4.76. The Balaban J connectivity index is 1.78. The van der Waals surface area contributed by atoms with Crippen molar-refractivity contribution in [3.8, 4) is 5.75 Å². The molecular weight excluding hydrogens is 358 g/mol. The number of nitrogens with zero attached hydrogens (tertiary/aromatic N) is 3. The molecule has 1 aromatic carbocycles. The molecule has 1 amide bonds. The maximum Gasteiger partial charge on any atom is 0.274 e. The number of methoxy groups -OCH3 is 1. The van der Waals surface area contributed by atoms with E-state index in [2.05, 4.69) is 20.2 Å². The monoisotopic (exact) mass is 385 g/mol. The van der Waals surface area contributed by atoms with Gasteiger partial charge in [0.2, 0.25) is 0 Å². The molecule has 8 nitrogen and oxygen atoms in total. The van der Waals surface area contributed by atoms with Crippen LogP contribution in [0.3, 0.4) is 0 Å². The van der Waals surface area contributed by atoms with Crippen LogP contribution in [0.15, 0.2) is 30.6 Å².